The van der Waals surface area contributed by atoms with Gasteiger partial charge in [-0.2, -0.15) is 5.10 Å². The van der Waals surface area contributed by atoms with E-state index in [0.717, 1.165) is 11.3 Å². The second-order valence-corrected chi connectivity index (χ2v) is 4.54. The summed E-state index contributed by atoms with van der Waals surface area (Å²) < 4.78 is 23.2. The van der Waals surface area contributed by atoms with Gasteiger partial charge in [-0.3, -0.25) is 4.79 Å². The molecule has 0 aliphatic carbocycles. The van der Waals surface area contributed by atoms with Gasteiger partial charge in [-0.05, 0) is 61.0 Å². The molecule has 6 heteroatoms. The van der Waals surface area contributed by atoms with Crippen molar-refractivity contribution in [1.29, 1.82) is 0 Å². The Morgan fingerprint density at radius 2 is 1.70 bits per heavy atom. The molecule has 0 aliphatic rings. The van der Waals surface area contributed by atoms with Crippen molar-refractivity contribution in [1.82, 2.24) is 5.43 Å². The van der Waals surface area contributed by atoms with E-state index in [1.165, 1.54) is 30.5 Å². The van der Waals surface area contributed by atoms with Gasteiger partial charge in [0.15, 0.2) is 6.61 Å². The molecule has 23 heavy (non-hydrogen) atoms. The smallest absolute Gasteiger partial charge is 0.277 e. The molecule has 0 unspecified atom stereocenters. The Morgan fingerprint density at radius 3 is 2.35 bits per heavy atom. The summed E-state index contributed by atoms with van der Waals surface area (Å²) >= 11 is 0. The number of halogens is 1. The summed E-state index contributed by atoms with van der Waals surface area (Å²) in [6.07, 6.45) is 1.52. The highest BCUT2D eigenvalue weighted by Crippen LogP contribution is 2.11. The standard InChI is InChI=1S/C17H17FN2O3/c1-2-22-15-7-3-13(4-8-15)11-19-20-17(21)12-23-16-9-5-14(18)6-10-16/h3-11H,2,12H2,1H3,(H,20,21)/b19-11-. The van der Waals surface area contributed by atoms with Crippen LogP contribution < -0.4 is 14.9 Å². The maximum Gasteiger partial charge on any atom is 0.277 e. The van der Waals surface area contributed by atoms with E-state index < -0.39 is 5.91 Å². The molecule has 0 radical (unpaired) electrons. The number of hydrogen-bond donors (Lipinski definition) is 1. The third-order valence-electron chi connectivity index (χ3n) is 2.78. The van der Waals surface area contributed by atoms with Gasteiger partial charge in [0.2, 0.25) is 0 Å². The number of amides is 1. The summed E-state index contributed by atoms with van der Waals surface area (Å²) in [6.45, 7) is 2.32. The number of nitrogens with one attached hydrogen (secondary N) is 1. The number of nitrogens with zero attached hydrogens (tertiary/aromatic N) is 1. The van der Waals surface area contributed by atoms with Crippen LogP contribution in [0.25, 0.3) is 0 Å². The molecular weight excluding hydrogens is 299 g/mol. The lowest BCUT2D eigenvalue weighted by Gasteiger charge is -2.04. The molecule has 2 rings (SSSR count). The number of carbonyl (C=O) groups excluding carboxylic acids is 1. The topological polar surface area (TPSA) is 59.9 Å². The Labute approximate surface area is 133 Å². The van der Waals surface area contributed by atoms with Crippen molar-refractivity contribution in [2.24, 2.45) is 5.10 Å². The summed E-state index contributed by atoms with van der Waals surface area (Å²) in [4.78, 5) is 11.6. The van der Waals surface area contributed by atoms with Gasteiger partial charge in [-0.15, -0.1) is 0 Å². The number of rotatable bonds is 7. The van der Waals surface area contributed by atoms with Gasteiger partial charge < -0.3 is 9.47 Å². The molecule has 5 nitrogen and oxygen atoms in total. The average molecular weight is 316 g/mol. The molecule has 0 saturated carbocycles. The highest BCUT2D eigenvalue weighted by atomic mass is 19.1. The van der Waals surface area contributed by atoms with Crippen molar-refractivity contribution in [3.63, 3.8) is 0 Å². The van der Waals surface area contributed by atoms with Crippen molar-refractivity contribution >= 4 is 12.1 Å². The first-order chi connectivity index (χ1) is 11.2. The van der Waals surface area contributed by atoms with Gasteiger partial charge in [0.05, 0.1) is 12.8 Å². The minimum absolute atomic E-state index is 0.202. The average Bonchev–Trinajstić information content (AvgIpc) is 2.56. The summed E-state index contributed by atoms with van der Waals surface area (Å²) in [5.74, 6) is 0.427. The number of benzene rings is 2. The second kappa shape index (κ2) is 8.53. The second-order valence-electron chi connectivity index (χ2n) is 4.54. The molecule has 1 N–H and O–H groups in total. The number of hydrazone groups is 1. The molecule has 0 heterocycles. The van der Waals surface area contributed by atoms with Crippen LogP contribution >= 0.6 is 0 Å². The maximum atomic E-state index is 12.7. The van der Waals surface area contributed by atoms with E-state index >= 15 is 0 Å². The molecule has 0 bridgehead atoms. The van der Waals surface area contributed by atoms with E-state index in [0.29, 0.717) is 12.4 Å². The molecule has 0 saturated heterocycles. The van der Waals surface area contributed by atoms with Crippen molar-refractivity contribution < 1.29 is 18.7 Å². The number of ether oxygens (including phenoxy) is 2. The molecule has 2 aromatic rings. The van der Waals surface area contributed by atoms with Crippen molar-refractivity contribution in [2.45, 2.75) is 6.92 Å². The Kier molecular flexibility index (Phi) is 6.11. The van der Waals surface area contributed by atoms with Crippen LogP contribution in [0.1, 0.15) is 12.5 Å². The van der Waals surface area contributed by atoms with Crippen LogP contribution in [0.2, 0.25) is 0 Å². The molecule has 120 valence electrons. The lowest BCUT2D eigenvalue weighted by atomic mass is 10.2. The fourth-order valence-electron chi connectivity index (χ4n) is 1.71. The number of carbonyl (C=O) groups is 1. The van der Waals surface area contributed by atoms with Crippen LogP contribution in [0.15, 0.2) is 53.6 Å². The van der Waals surface area contributed by atoms with Gasteiger partial charge in [-0.1, -0.05) is 0 Å². The van der Waals surface area contributed by atoms with E-state index in [9.17, 15) is 9.18 Å². The van der Waals surface area contributed by atoms with Crippen molar-refractivity contribution in [2.75, 3.05) is 13.2 Å². The molecule has 0 aliphatic heterocycles. The van der Waals surface area contributed by atoms with E-state index in [1.807, 2.05) is 31.2 Å². The van der Waals surface area contributed by atoms with Gasteiger partial charge in [0, 0.05) is 0 Å². The summed E-state index contributed by atoms with van der Waals surface area (Å²) in [7, 11) is 0. The minimum Gasteiger partial charge on any atom is -0.494 e. The minimum atomic E-state index is -0.406. The summed E-state index contributed by atoms with van der Waals surface area (Å²) in [6, 6.07) is 12.7. The van der Waals surface area contributed by atoms with E-state index in [1.54, 1.807) is 0 Å². The predicted molar refractivity (Wildman–Crippen MR) is 85.2 cm³/mol. The first-order valence-electron chi connectivity index (χ1n) is 7.10. The Balaban J connectivity index is 1.75. The zero-order valence-corrected chi connectivity index (χ0v) is 12.7. The SMILES string of the molecule is CCOc1ccc(/C=N\NC(=O)COc2ccc(F)cc2)cc1. The number of hydrogen-bond acceptors (Lipinski definition) is 4. The zero-order chi connectivity index (χ0) is 16.5. The van der Waals surface area contributed by atoms with Crippen LogP contribution in [0.4, 0.5) is 4.39 Å². The van der Waals surface area contributed by atoms with Crippen molar-refractivity contribution in [3.05, 3.63) is 59.9 Å². The molecule has 0 fully saturated rings. The van der Waals surface area contributed by atoms with Crippen LogP contribution in [0, 0.1) is 5.82 Å². The molecule has 0 atom stereocenters. The fraction of sp³-hybridized carbons (Fsp3) is 0.176. The van der Waals surface area contributed by atoms with Gasteiger partial charge in [-0.25, -0.2) is 9.82 Å². The normalized spacial score (nSPS) is 10.5. The van der Waals surface area contributed by atoms with Gasteiger partial charge >= 0.3 is 0 Å². The zero-order valence-electron chi connectivity index (χ0n) is 12.7. The largest absolute Gasteiger partial charge is 0.494 e. The van der Waals surface area contributed by atoms with E-state index in [-0.39, 0.29) is 12.4 Å². The predicted octanol–water partition coefficient (Wildman–Crippen LogP) is 2.75. The van der Waals surface area contributed by atoms with Gasteiger partial charge in [0.25, 0.3) is 5.91 Å². The van der Waals surface area contributed by atoms with E-state index in [4.69, 9.17) is 9.47 Å². The Morgan fingerprint density at radius 1 is 1.09 bits per heavy atom. The molecular formula is C17H17FN2O3. The fourth-order valence-corrected chi connectivity index (χ4v) is 1.71. The first kappa shape index (κ1) is 16.5. The Bertz CT molecular complexity index is 655. The molecule has 1 amide bonds. The Hall–Kier alpha value is -2.89. The van der Waals surface area contributed by atoms with Crippen LogP contribution in [0.3, 0.4) is 0 Å². The highest BCUT2D eigenvalue weighted by molar-refractivity contribution is 5.83. The van der Waals surface area contributed by atoms with E-state index in [2.05, 4.69) is 10.5 Å². The first-order valence-corrected chi connectivity index (χ1v) is 7.10. The van der Waals surface area contributed by atoms with Crippen LogP contribution in [-0.4, -0.2) is 25.3 Å². The van der Waals surface area contributed by atoms with Crippen LogP contribution in [-0.2, 0) is 4.79 Å². The van der Waals surface area contributed by atoms with Crippen molar-refractivity contribution in [3.8, 4) is 11.5 Å². The monoisotopic (exact) mass is 316 g/mol. The molecule has 2 aromatic carbocycles. The quantitative estimate of drug-likeness (QED) is 0.631. The third-order valence-corrected chi connectivity index (χ3v) is 2.78. The molecule has 0 spiro atoms. The lowest BCUT2D eigenvalue weighted by molar-refractivity contribution is -0.123. The highest BCUT2D eigenvalue weighted by Gasteiger charge is 2.01. The summed E-state index contributed by atoms with van der Waals surface area (Å²) in [5, 5.41) is 3.84. The third kappa shape index (κ3) is 5.78. The maximum absolute atomic E-state index is 12.7. The summed E-state index contributed by atoms with van der Waals surface area (Å²) in [5.41, 5.74) is 3.18. The lowest BCUT2D eigenvalue weighted by Crippen LogP contribution is -2.24. The van der Waals surface area contributed by atoms with Gasteiger partial charge in [0.1, 0.15) is 17.3 Å². The molecule has 0 aromatic heterocycles. The van der Waals surface area contributed by atoms with Crippen LogP contribution in [0.5, 0.6) is 11.5 Å².